The number of ether oxygens (including phenoxy) is 1. The normalized spacial score (nSPS) is 12.0. The van der Waals surface area contributed by atoms with Gasteiger partial charge in [0.1, 0.15) is 5.75 Å². The predicted octanol–water partition coefficient (Wildman–Crippen LogP) is 1.91. The Morgan fingerprint density at radius 3 is 2.88 bits per heavy atom. The van der Waals surface area contributed by atoms with Gasteiger partial charge in [-0.3, -0.25) is 4.79 Å². The summed E-state index contributed by atoms with van der Waals surface area (Å²) >= 11 is 5.85. The van der Waals surface area contributed by atoms with E-state index in [9.17, 15) is 9.90 Å². The molecule has 0 heterocycles. The molecule has 1 atom stereocenters. The minimum Gasteiger partial charge on any atom is -0.496 e. The average Bonchev–Trinajstić information content (AvgIpc) is 2.35. The SMILES string of the molecule is CCC(=O)NCC(O)c1cc(Cl)ccc1OC. The van der Waals surface area contributed by atoms with Gasteiger partial charge in [0.15, 0.2) is 0 Å². The van der Waals surface area contributed by atoms with Crippen LogP contribution in [0.2, 0.25) is 5.02 Å². The Morgan fingerprint density at radius 2 is 2.29 bits per heavy atom. The van der Waals surface area contributed by atoms with Crippen LogP contribution in [-0.4, -0.2) is 24.7 Å². The van der Waals surface area contributed by atoms with Crippen molar-refractivity contribution in [3.63, 3.8) is 0 Å². The Balaban J connectivity index is 2.76. The zero-order valence-corrected chi connectivity index (χ0v) is 10.6. The second kappa shape index (κ2) is 6.47. The second-order valence-electron chi connectivity index (χ2n) is 3.56. The fraction of sp³-hybridized carbons (Fsp3) is 0.417. The third-order valence-electron chi connectivity index (χ3n) is 2.36. The van der Waals surface area contributed by atoms with Gasteiger partial charge in [0.2, 0.25) is 5.91 Å². The van der Waals surface area contributed by atoms with E-state index in [1.54, 1.807) is 25.1 Å². The Labute approximate surface area is 106 Å². The van der Waals surface area contributed by atoms with Crippen LogP contribution in [0.5, 0.6) is 5.75 Å². The van der Waals surface area contributed by atoms with E-state index in [-0.39, 0.29) is 12.5 Å². The van der Waals surface area contributed by atoms with Gasteiger partial charge in [0, 0.05) is 23.6 Å². The van der Waals surface area contributed by atoms with E-state index in [0.29, 0.717) is 22.8 Å². The summed E-state index contributed by atoms with van der Waals surface area (Å²) in [6.07, 6.45) is -0.446. The Bertz CT molecular complexity index is 395. The van der Waals surface area contributed by atoms with Crippen molar-refractivity contribution in [3.05, 3.63) is 28.8 Å². The largest absolute Gasteiger partial charge is 0.496 e. The molecular weight excluding hydrogens is 242 g/mol. The van der Waals surface area contributed by atoms with Crippen LogP contribution in [0.3, 0.4) is 0 Å². The van der Waals surface area contributed by atoms with Crippen LogP contribution >= 0.6 is 11.6 Å². The molecule has 0 radical (unpaired) electrons. The number of methoxy groups -OCH3 is 1. The zero-order valence-electron chi connectivity index (χ0n) is 9.87. The monoisotopic (exact) mass is 257 g/mol. The highest BCUT2D eigenvalue weighted by Crippen LogP contribution is 2.27. The Morgan fingerprint density at radius 1 is 1.59 bits per heavy atom. The predicted molar refractivity (Wildman–Crippen MR) is 66.3 cm³/mol. The van der Waals surface area contributed by atoms with E-state index >= 15 is 0 Å². The highest BCUT2D eigenvalue weighted by molar-refractivity contribution is 6.30. The average molecular weight is 258 g/mol. The topological polar surface area (TPSA) is 58.6 Å². The molecule has 2 N–H and O–H groups in total. The van der Waals surface area contributed by atoms with E-state index in [1.165, 1.54) is 7.11 Å². The summed E-state index contributed by atoms with van der Waals surface area (Å²) in [5.41, 5.74) is 0.566. The van der Waals surface area contributed by atoms with E-state index in [4.69, 9.17) is 16.3 Å². The van der Waals surface area contributed by atoms with Crippen LogP contribution in [0, 0.1) is 0 Å². The molecular formula is C12H16ClNO3. The van der Waals surface area contributed by atoms with Crippen molar-refractivity contribution >= 4 is 17.5 Å². The molecule has 0 saturated heterocycles. The third kappa shape index (κ3) is 3.91. The summed E-state index contributed by atoms with van der Waals surface area (Å²) in [5, 5.41) is 13.1. The molecule has 94 valence electrons. The van der Waals surface area contributed by atoms with E-state index in [2.05, 4.69) is 5.32 Å². The van der Waals surface area contributed by atoms with E-state index in [1.807, 2.05) is 0 Å². The van der Waals surface area contributed by atoms with Crippen molar-refractivity contribution in [1.82, 2.24) is 5.32 Å². The zero-order chi connectivity index (χ0) is 12.8. The molecule has 4 nitrogen and oxygen atoms in total. The first-order valence-electron chi connectivity index (χ1n) is 5.36. The maximum Gasteiger partial charge on any atom is 0.219 e. The molecule has 0 aliphatic rings. The van der Waals surface area contributed by atoms with Crippen molar-refractivity contribution in [2.45, 2.75) is 19.4 Å². The van der Waals surface area contributed by atoms with Gasteiger partial charge in [-0.25, -0.2) is 0 Å². The summed E-state index contributed by atoms with van der Waals surface area (Å²) in [4.78, 5) is 11.1. The smallest absolute Gasteiger partial charge is 0.219 e. The van der Waals surface area contributed by atoms with Gasteiger partial charge in [-0.15, -0.1) is 0 Å². The van der Waals surface area contributed by atoms with Crippen LogP contribution in [0.4, 0.5) is 0 Å². The van der Waals surface area contributed by atoms with Crippen LogP contribution in [0.25, 0.3) is 0 Å². The number of hydrogen-bond donors (Lipinski definition) is 2. The molecule has 0 aliphatic carbocycles. The lowest BCUT2D eigenvalue weighted by molar-refractivity contribution is -0.121. The first kappa shape index (κ1) is 13.8. The number of aliphatic hydroxyl groups excluding tert-OH is 1. The number of hydrogen-bond acceptors (Lipinski definition) is 3. The first-order valence-corrected chi connectivity index (χ1v) is 5.74. The molecule has 0 bridgehead atoms. The maximum absolute atomic E-state index is 11.1. The molecule has 1 rings (SSSR count). The Kier molecular flexibility index (Phi) is 5.25. The lowest BCUT2D eigenvalue weighted by atomic mass is 10.1. The van der Waals surface area contributed by atoms with Crippen LogP contribution in [0.15, 0.2) is 18.2 Å². The number of halogens is 1. The van der Waals surface area contributed by atoms with Gasteiger partial charge in [0.25, 0.3) is 0 Å². The number of carbonyl (C=O) groups is 1. The molecule has 0 spiro atoms. The summed E-state index contributed by atoms with van der Waals surface area (Å²) in [5.74, 6) is 0.442. The number of aliphatic hydroxyl groups is 1. The first-order chi connectivity index (χ1) is 8.08. The fourth-order valence-corrected chi connectivity index (χ4v) is 1.59. The van der Waals surface area contributed by atoms with Gasteiger partial charge >= 0.3 is 0 Å². The number of rotatable bonds is 5. The molecule has 0 fully saturated rings. The quantitative estimate of drug-likeness (QED) is 0.847. The minimum atomic E-state index is -0.834. The molecule has 1 aromatic carbocycles. The minimum absolute atomic E-state index is 0.106. The lowest BCUT2D eigenvalue weighted by Gasteiger charge is -2.15. The van der Waals surface area contributed by atoms with Gasteiger partial charge in [-0.05, 0) is 18.2 Å². The molecule has 0 aromatic heterocycles. The maximum atomic E-state index is 11.1. The van der Waals surface area contributed by atoms with Gasteiger partial charge in [0.05, 0.1) is 13.2 Å². The van der Waals surface area contributed by atoms with Crippen LogP contribution < -0.4 is 10.1 Å². The second-order valence-corrected chi connectivity index (χ2v) is 4.00. The molecule has 1 aromatic rings. The summed E-state index contributed by atoms with van der Waals surface area (Å²) in [6.45, 7) is 1.89. The molecule has 1 unspecified atom stereocenters. The summed E-state index contributed by atoms with van der Waals surface area (Å²) < 4.78 is 5.12. The highest BCUT2D eigenvalue weighted by atomic mass is 35.5. The van der Waals surface area contributed by atoms with Crippen molar-refractivity contribution in [3.8, 4) is 5.75 Å². The van der Waals surface area contributed by atoms with E-state index < -0.39 is 6.10 Å². The van der Waals surface area contributed by atoms with E-state index in [0.717, 1.165) is 0 Å². The van der Waals surface area contributed by atoms with Crippen molar-refractivity contribution in [1.29, 1.82) is 0 Å². The number of carbonyl (C=O) groups excluding carboxylic acids is 1. The summed E-state index contributed by atoms with van der Waals surface area (Å²) in [6, 6.07) is 4.99. The highest BCUT2D eigenvalue weighted by Gasteiger charge is 2.14. The third-order valence-corrected chi connectivity index (χ3v) is 2.60. The van der Waals surface area contributed by atoms with Crippen molar-refractivity contribution in [2.75, 3.05) is 13.7 Å². The standard InChI is InChI=1S/C12H16ClNO3/c1-3-12(16)14-7-10(15)9-6-8(13)4-5-11(9)17-2/h4-6,10,15H,3,7H2,1-2H3,(H,14,16). The molecule has 1 amide bonds. The Hall–Kier alpha value is -1.26. The molecule has 5 heteroatoms. The van der Waals surface area contributed by atoms with Gasteiger partial charge in [-0.2, -0.15) is 0 Å². The molecule has 0 saturated carbocycles. The fourth-order valence-electron chi connectivity index (χ4n) is 1.41. The summed E-state index contributed by atoms with van der Waals surface area (Å²) in [7, 11) is 1.52. The number of benzene rings is 1. The van der Waals surface area contributed by atoms with Gasteiger partial charge in [-0.1, -0.05) is 18.5 Å². The lowest BCUT2D eigenvalue weighted by Crippen LogP contribution is -2.27. The van der Waals surface area contributed by atoms with Crippen LogP contribution in [0.1, 0.15) is 25.0 Å². The molecule has 0 aliphatic heterocycles. The number of amides is 1. The van der Waals surface area contributed by atoms with Gasteiger partial charge < -0.3 is 15.2 Å². The van der Waals surface area contributed by atoms with Crippen molar-refractivity contribution in [2.24, 2.45) is 0 Å². The van der Waals surface area contributed by atoms with Crippen molar-refractivity contribution < 1.29 is 14.6 Å². The van der Waals surface area contributed by atoms with Crippen LogP contribution in [-0.2, 0) is 4.79 Å². The number of nitrogens with one attached hydrogen (secondary N) is 1. The molecule has 17 heavy (non-hydrogen) atoms.